The maximum Gasteiger partial charge on any atom is 0.332 e. The van der Waals surface area contributed by atoms with Crippen molar-refractivity contribution in [2.24, 2.45) is 14.1 Å². The number of aryl methyl sites for hydroxylation is 2. The zero-order valence-corrected chi connectivity index (χ0v) is 24.6. The van der Waals surface area contributed by atoms with E-state index in [9.17, 15) is 19.5 Å². The number of para-hydroxylation sites is 1. The smallest absolute Gasteiger partial charge is 0.332 e. The molecule has 3 heterocycles. The molecule has 2 aliphatic heterocycles. The topological polar surface area (TPSA) is 91.0 Å². The first-order valence-corrected chi connectivity index (χ1v) is 14.5. The molecule has 0 unspecified atom stereocenters. The van der Waals surface area contributed by atoms with Crippen molar-refractivity contribution in [3.8, 4) is 0 Å². The van der Waals surface area contributed by atoms with Crippen LogP contribution < -0.4 is 21.0 Å². The van der Waals surface area contributed by atoms with Crippen molar-refractivity contribution < 1.29 is 9.90 Å². The summed E-state index contributed by atoms with van der Waals surface area (Å²) in [6, 6.07) is 16.3. The van der Waals surface area contributed by atoms with Crippen LogP contribution in [0.25, 0.3) is 0 Å². The van der Waals surface area contributed by atoms with E-state index in [1.807, 2.05) is 6.07 Å². The van der Waals surface area contributed by atoms with Gasteiger partial charge in [0.1, 0.15) is 5.82 Å². The standard InChI is InChI=1S/C32H41N5O4/c1-32(2,30(39)40)25-14-13-24-12-11-23-9-5-6-10-26(23)37(27(24)21-25)18-8-16-35-15-7-17-36(20-19-35)28-22-29(38)34(4)31(41)33(28)3/h5-6,9-10,13-14,21-22H,7-8,11-12,15-20H2,1-4H3,(H,39,40). The summed E-state index contributed by atoms with van der Waals surface area (Å²) in [5.41, 5.74) is 4.12. The second-order valence-electron chi connectivity index (χ2n) is 11.8. The van der Waals surface area contributed by atoms with E-state index in [4.69, 9.17) is 0 Å². The molecule has 0 saturated carbocycles. The molecule has 1 fully saturated rings. The summed E-state index contributed by atoms with van der Waals surface area (Å²) in [6.07, 6.45) is 3.77. The summed E-state index contributed by atoms with van der Waals surface area (Å²) in [5, 5.41) is 9.88. The van der Waals surface area contributed by atoms with Crippen LogP contribution >= 0.6 is 0 Å². The number of aromatic nitrogens is 2. The molecule has 5 rings (SSSR count). The van der Waals surface area contributed by atoms with Gasteiger partial charge in [-0.05, 0) is 81.4 Å². The maximum atomic E-state index is 12.5. The zero-order valence-electron chi connectivity index (χ0n) is 24.6. The van der Waals surface area contributed by atoms with Crippen molar-refractivity contribution in [2.75, 3.05) is 49.1 Å². The lowest BCUT2D eigenvalue weighted by Gasteiger charge is -2.30. The van der Waals surface area contributed by atoms with Crippen molar-refractivity contribution in [2.45, 2.75) is 44.9 Å². The molecule has 0 spiro atoms. The number of carbonyl (C=O) groups is 1. The average molecular weight is 560 g/mol. The van der Waals surface area contributed by atoms with Crippen LogP contribution in [0.3, 0.4) is 0 Å². The summed E-state index contributed by atoms with van der Waals surface area (Å²) in [5.74, 6) is -0.151. The van der Waals surface area contributed by atoms with Crippen molar-refractivity contribution in [1.29, 1.82) is 0 Å². The van der Waals surface area contributed by atoms with Crippen LogP contribution in [0.1, 0.15) is 43.4 Å². The Morgan fingerprint density at radius 3 is 2.34 bits per heavy atom. The molecule has 9 nitrogen and oxygen atoms in total. The van der Waals surface area contributed by atoms with Gasteiger partial charge in [0.25, 0.3) is 5.56 Å². The summed E-state index contributed by atoms with van der Waals surface area (Å²) < 4.78 is 2.70. The van der Waals surface area contributed by atoms with Gasteiger partial charge in [-0.2, -0.15) is 0 Å². The highest BCUT2D eigenvalue weighted by atomic mass is 16.4. The molecular weight excluding hydrogens is 518 g/mol. The van der Waals surface area contributed by atoms with Gasteiger partial charge in [0.15, 0.2) is 0 Å². The summed E-state index contributed by atoms with van der Waals surface area (Å²) in [6.45, 7) is 8.64. The van der Waals surface area contributed by atoms with Crippen LogP contribution in [0.2, 0.25) is 0 Å². The summed E-state index contributed by atoms with van der Waals surface area (Å²) in [4.78, 5) is 43.8. The van der Waals surface area contributed by atoms with Gasteiger partial charge in [-0.25, -0.2) is 4.79 Å². The Bertz CT molecular complexity index is 1560. The molecule has 0 radical (unpaired) electrons. The highest BCUT2D eigenvalue weighted by Crippen LogP contribution is 2.38. The normalized spacial score (nSPS) is 16.1. The third kappa shape index (κ3) is 5.68. The van der Waals surface area contributed by atoms with Crippen molar-refractivity contribution in [3.63, 3.8) is 0 Å². The fraction of sp³-hybridized carbons (Fsp3) is 0.469. The van der Waals surface area contributed by atoms with Gasteiger partial charge in [-0.1, -0.05) is 30.3 Å². The van der Waals surface area contributed by atoms with Crippen molar-refractivity contribution in [1.82, 2.24) is 14.0 Å². The summed E-state index contributed by atoms with van der Waals surface area (Å²) in [7, 11) is 3.23. The Balaban J connectivity index is 1.32. The lowest BCUT2D eigenvalue weighted by atomic mass is 9.83. The largest absolute Gasteiger partial charge is 0.481 e. The first kappa shape index (κ1) is 28.7. The van der Waals surface area contributed by atoms with E-state index < -0.39 is 11.4 Å². The van der Waals surface area contributed by atoms with Crippen molar-refractivity contribution in [3.05, 3.63) is 86.1 Å². The fourth-order valence-electron chi connectivity index (χ4n) is 6.07. The Morgan fingerprint density at radius 2 is 1.59 bits per heavy atom. The molecule has 1 saturated heterocycles. The Morgan fingerprint density at radius 1 is 0.854 bits per heavy atom. The zero-order chi connectivity index (χ0) is 29.3. The second-order valence-corrected chi connectivity index (χ2v) is 11.8. The molecule has 1 aromatic heterocycles. The lowest BCUT2D eigenvalue weighted by Crippen LogP contribution is -2.41. The van der Waals surface area contributed by atoms with E-state index in [1.54, 1.807) is 31.5 Å². The molecule has 0 bridgehead atoms. The maximum absolute atomic E-state index is 12.5. The number of aliphatic carboxylic acids is 1. The Kier molecular flexibility index (Phi) is 8.09. The minimum Gasteiger partial charge on any atom is -0.481 e. The number of nitrogens with zero attached hydrogens (tertiary/aromatic N) is 5. The number of carboxylic acid groups (broad SMARTS) is 1. The van der Waals surface area contributed by atoms with E-state index in [0.29, 0.717) is 5.82 Å². The molecule has 2 aliphatic rings. The number of hydrogen-bond donors (Lipinski definition) is 1. The van der Waals surface area contributed by atoms with Gasteiger partial charge in [0.05, 0.1) is 5.41 Å². The van der Waals surface area contributed by atoms with E-state index in [1.165, 1.54) is 23.9 Å². The van der Waals surface area contributed by atoms with Crippen LogP contribution in [0.4, 0.5) is 17.2 Å². The first-order chi connectivity index (χ1) is 19.6. The molecule has 0 amide bonds. The Labute approximate surface area is 241 Å². The average Bonchev–Trinajstić information content (AvgIpc) is 3.29. The number of carboxylic acids is 1. The number of anilines is 3. The predicted molar refractivity (Wildman–Crippen MR) is 163 cm³/mol. The van der Waals surface area contributed by atoms with E-state index in [2.05, 4.69) is 51.1 Å². The van der Waals surface area contributed by atoms with Crippen LogP contribution in [0.15, 0.2) is 58.1 Å². The summed E-state index contributed by atoms with van der Waals surface area (Å²) >= 11 is 0. The molecule has 0 atom stereocenters. The SMILES string of the molecule is Cn1c(N2CCCN(CCCN3c4ccccc4CCc4ccc(C(C)(C)C(=O)O)cc43)CC2)cc(=O)n(C)c1=O. The van der Waals surface area contributed by atoms with E-state index in [0.717, 1.165) is 80.8 Å². The monoisotopic (exact) mass is 559 g/mol. The lowest BCUT2D eigenvalue weighted by molar-refractivity contribution is -0.142. The van der Waals surface area contributed by atoms with Crippen LogP contribution in [0, 0.1) is 0 Å². The van der Waals surface area contributed by atoms with Gasteiger partial charge in [0, 0.05) is 57.7 Å². The molecular formula is C32H41N5O4. The minimum atomic E-state index is -0.975. The quantitative estimate of drug-likeness (QED) is 0.475. The van der Waals surface area contributed by atoms with Gasteiger partial charge in [-0.15, -0.1) is 0 Å². The fourth-order valence-corrected chi connectivity index (χ4v) is 6.07. The number of fused-ring (bicyclic) bond motifs is 2. The molecule has 9 heteroatoms. The molecule has 0 aliphatic carbocycles. The minimum absolute atomic E-state index is 0.280. The van der Waals surface area contributed by atoms with Crippen LogP contribution in [-0.2, 0) is 37.1 Å². The van der Waals surface area contributed by atoms with Crippen molar-refractivity contribution >= 4 is 23.2 Å². The van der Waals surface area contributed by atoms with Gasteiger partial charge in [0.2, 0.25) is 0 Å². The van der Waals surface area contributed by atoms with E-state index >= 15 is 0 Å². The number of hydrogen-bond acceptors (Lipinski definition) is 6. The molecule has 218 valence electrons. The van der Waals surface area contributed by atoms with E-state index in [-0.39, 0.29) is 11.2 Å². The molecule has 3 aromatic rings. The van der Waals surface area contributed by atoms with Gasteiger partial charge in [-0.3, -0.25) is 18.7 Å². The first-order valence-electron chi connectivity index (χ1n) is 14.5. The Hall–Kier alpha value is -3.85. The highest BCUT2D eigenvalue weighted by Gasteiger charge is 2.31. The molecule has 2 aromatic carbocycles. The third-order valence-corrected chi connectivity index (χ3v) is 8.85. The van der Waals surface area contributed by atoms with Gasteiger partial charge >= 0.3 is 11.7 Å². The predicted octanol–water partition coefficient (Wildman–Crippen LogP) is 3.29. The highest BCUT2D eigenvalue weighted by molar-refractivity contribution is 5.82. The number of benzene rings is 2. The second kappa shape index (κ2) is 11.6. The van der Waals surface area contributed by atoms with Crippen LogP contribution in [-0.4, -0.2) is 64.4 Å². The third-order valence-electron chi connectivity index (χ3n) is 8.85. The number of rotatable bonds is 7. The molecule has 41 heavy (non-hydrogen) atoms. The van der Waals surface area contributed by atoms with Crippen LogP contribution in [0.5, 0.6) is 0 Å². The molecule has 1 N–H and O–H groups in total. The van der Waals surface area contributed by atoms with Gasteiger partial charge < -0.3 is 19.8 Å².